The van der Waals surface area contributed by atoms with Crippen molar-refractivity contribution in [3.05, 3.63) is 30.3 Å². The fraction of sp³-hybridized carbons (Fsp3) is 0.462. The van der Waals surface area contributed by atoms with Gasteiger partial charge in [-0.2, -0.15) is 0 Å². The van der Waals surface area contributed by atoms with Crippen molar-refractivity contribution < 1.29 is 9.53 Å². The zero-order valence-electron chi connectivity index (χ0n) is 10.6. The summed E-state index contributed by atoms with van der Waals surface area (Å²) in [6.45, 7) is 6.30. The molecule has 4 heteroatoms. The zero-order chi connectivity index (χ0) is 12.9. The minimum absolute atomic E-state index is 0.232. The van der Waals surface area contributed by atoms with Crippen LogP contribution in [0.4, 0.5) is 4.79 Å². The molecule has 0 saturated carbocycles. The third kappa shape index (κ3) is 3.75. The van der Waals surface area contributed by atoms with Crippen molar-refractivity contribution in [2.24, 2.45) is 11.7 Å². The van der Waals surface area contributed by atoms with Gasteiger partial charge in [-0.1, -0.05) is 32.0 Å². The summed E-state index contributed by atoms with van der Waals surface area (Å²) in [4.78, 5) is 11.7. The molecule has 1 aromatic carbocycles. The molecule has 3 N–H and O–H groups in total. The first kappa shape index (κ1) is 13.5. The standard InChI is InChI=1S/C13H20N2O2/c1-10(2)13(3,9-14)15-12(16)17-11-7-5-4-6-8-11/h4-8,10H,9,14H2,1-3H3,(H,15,16). The van der Waals surface area contributed by atoms with E-state index in [0.717, 1.165) is 0 Å². The number of amides is 1. The third-order valence-electron chi connectivity index (χ3n) is 3.04. The number of hydrogen-bond donors (Lipinski definition) is 2. The largest absolute Gasteiger partial charge is 0.413 e. The van der Waals surface area contributed by atoms with Gasteiger partial charge >= 0.3 is 6.09 Å². The third-order valence-corrected chi connectivity index (χ3v) is 3.04. The Morgan fingerprint density at radius 1 is 1.41 bits per heavy atom. The number of ether oxygens (including phenoxy) is 1. The van der Waals surface area contributed by atoms with Crippen LogP contribution in [0.1, 0.15) is 20.8 Å². The minimum atomic E-state index is -0.474. The molecule has 0 radical (unpaired) electrons. The van der Waals surface area contributed by atoms with Crippen LogP contribution < -0.4 is 15.8 Å². The number of rotatable bonds is 4. The number of carbonyl (C=O) groups excluding carboxylic acids is 1. The number of hydrogen-bond acceptors (Lipinski definition) is 3. The summed E-state index contributed by atoms with van der Waals surface area (Å²) >= 11 is 0. The van der Waals surface area contributed by atoms with Crippen molar-refractivity contribution in [1.29, 1.82) is 0 Å². The van der Waals surface area contributed by atoms with Gasteiger partial charge < -0.3 is 15.8 Å². The Morgan fingerprint density at radius 2 is 2.00 bits per heavy atom. The minimum Gasteiger partial charge on any atom is -0.410 e. The SMILES string of the molecule is CC(C)C(C)(CN)NC(=O)Oc1ccccc1. The average Bonchev–Trinajstić information content (AvgIpc) is 2.29. The summed E-state index contributed by atoms with van der Waals surface area (Å²) in [5, 5.41) is 2.80. The van der Waals surface area contributed by atoms with E-state index < -0.39 is 11.6 Å². The number of carbonyl (C=O) groups is 1. The molecule has 0 fully saturated rings. The van der Waals surface area contributed by atoms with Crippen LogP contribution in [0.15, 0.2) is 30.3 Å². The average molecular weight is 236 g/mol. The molecular weight excluding hydrogens is 216 g/mol. The number of para-hydroxylation sites is 1. The smallest absolute Gasteiger partial charge is 0.410 e. The summed E-state index contributed by atoms with van der Waals surface area (Å²) in [5.74, 6) is 0.754. The maximum absolute atomic E-state index is 11.7. The molecule has 0 heterocycles. The van der Waals surface area contributed by atoms with Gasteiger partial charge in [-0.05, 0) is 25.0 Å². The van der Waals surface area contributed by atoms with E-state index in [-0.39, 0.29) is 5.92 Å². The first-order valence-corrected chi connectivity index (χ1v) is 5.73. The van der Waals surface area contributed by atoms with Crippen molar-refractivity contribution in [1.82, 2.24) is 5.32 Å². The summed E-state index contributed by atoms with van der Waals surface area (Å²) in [6, 6.07) is 8.95. The van der Waals surface area contributed by atoms with E-state index in [2.05, 4.69) is 5.32 Å². The number of nitrogens with one attached hydrogen (secondary N) is 1. The van der Waals surface area contributed by atoms with Gasteiger partial charge in [0.1, 0.15) is 5.75 Å². The van der Waals surface area contributed by atoms with Gasteiger partial charge in [-0.25, -0.2) is 4.79 Å². The van der Waals surface area contributed by atoms with Crippen LogP contribution in [0.25, 0.3) is 0 Å². The summed E-state index contributed by atoms with van der Waals surface area (Å²) < 4.78 is 5.16. The van der Waals surface area contributed by atoms with Gasteiger partial charge in [0.2, 0.25) is 0 Å². The predicted molar refractivity (Wildman–Crippen MR) is 67.9 cm³/mol. The Morgan fingerprint density at radius 3 is 2.47 bits per heavy atom. The van der Waals surface area contributed by atoms with Crippen molar-refractivity contribution in [3.8, 4) is 5.75 Å². The zero-order valence-corrected chi connectivity index (χ0v) is 10.6. The first-order chi connectivity index (χ1) is 7.98. The first-order valence-electron chi connectivity index (χ1n) is 5.73. The molecule has 1 unspecified atom stereocenters. The molecule has 17 heavy (non-hydrogen) atoms. The van der Waals surface area contributed by atoms with Crippen LogP contribution in [-0.2, 0) is 0 Å². The van der Waals surface area contributed by atoms with E-state index in [1.54, 1.807) is 12.1 Å². The lowest BCUT2D eigenvalue weighted by Gasteiger charge is -2.32. The molecule has 0 spiro atoms. The number of benzene rings is 1. The van der Waals surface area contributed by atoms with Gasteiger partial charge in [0.25, 0.3) is 0 Å². The molecule has 0 bridgehead atoms. The normalized spacial score (nSPS) is 14.2. The molecule has 4 nitrogen and oxygen atoms in total. The van der Waals surface area contributed by atoms with E-state index in [0.29, 0.717) is 12.3 Å². The monoisotopic (exact) mass is 236 g/mol. The molecule has 0 aliphatic rings. The Bertz CT molecular complexity index is 365. The van der Waals surface area contributed by atoms with Crippen LogP contribution in [0.2, 0.25) is 0 Å². The van der Waals surface area contributed by atoms with Crippen molar-refractivity contribution in [2.45, 2.75) is 26.3 Å². The van der Waals surface area contributed by atoms with E-state index in [1.807, 2.05) is 39.0 Å². The lowest BCUT2D eigenvalue weighted by Crippen LogP contribution is -2.55. The van der Waals surface area contributed by atoms with E-state index in [1.165, 1.54) is 0 Å². The molecule has 1 rings (SSSR count). The lowest BCUT2D eigenvalue weighted by atomic mass is 9.89. The second kappa shape index (κ2) is 5.68. The molecule has 0 aromatic heterocycles. The summed E-state index contributed by atoms with van der Waals surface area (Å²) in [6.07, 6.45) is -0.474. The van der Waals surface area contributed by atoms with E-state index in [4.69, 9.17) is 10.5 Å². The molecular formula is C13H20N2O2. The fourth-order valence-corrected chi connectivity index (χ4v) is 1.29. The van der Waals surface area contributed by atoms with Crippen molar-refractivity contribution in [2.75, 3.05) is 6.54 Å². The molecule has 0 saturated heterocycles. The highest BCUT2D eigenvalue weighted by molar-refractivity contribution is 5.71. The molecule has 1 aromatic rings. The summed E-state index contributed by atoms with van der Waals surface area (Å²) in [5.41, 5.74) is 5.23. The second-order valence-electron chi connectivity index (χ2n) is 4.60. The molecule has 0 aliphatic carbocycles. The van der Waals surface area contributed by atoms with Gasteiger partial charge in [0, 0.05) is 6.54 Å². The van der Waals surface area contributed by atoms with Crippen LogP contribution >= 0.6 is 0 Å². The summed E-state index contributed by atoms with van der Waals surface area (Å²) in [7, 11) is 0. The molecule has 94 valence electrons. The Hall–Kier alpha value is -1.55. The predicted octanol–water partition coefficient (Wildman–Crippen LogP) is 2.15. The topological polar surface area (TPSA) is 64.3 Å². The van der Waals surface area contributed by atoms with Crippen LogP contribution in [0.5, 0.6) is 5.75 Å². The fourth-order valence-electron chi connectivity index (χ4n) is 1.29. The van der Waals surface area contributed by atoms with Crippen LogP contribution in [0.3, 0.4) is 0 Å². The van der Waals surface area contributed by atoms with Gasteiger partial charge in [-0.3, -0.25) is 0 Å². The molecule has 0 aliphatic heterocycles. The van der Waals surface area contributed by atoms with E-state index >= 15 is 0 Å². The highest BCUT2D eigenvalue weighted by Gasteiger charge is 2.29. The van der Waals surface area contributed by atoms with Gasteiger partial charge in [0.15, 0.2) is 0 Å². The van der Waals surface area contributed by atoms with Crippen LogP contribution in [0, 0.1) is 5.92 Å². The maximum atomic E-state index is 11.7. The Kier molecular flexibility index (Phi) is 4.52. The Balaban J connectivity index is 2.61. The van der Waals surface area contributed by atoms with Crippen molar-refractivity contribution in [3.63, 3.8) is 0 Å². The van der Waals surface area contributed by atoms with E-state index in [9.17, 15) is 4.79 Å². The number of nitrogens with two attached hydrogens (primary N) is 1. The highest BCUT2D eigenvalue weighted by Crippen LogP contribution is 2.16. The lowest BCUT2D eigenvalue weighted by molar-refractivity contribution is 0.175. The second-order valence-corrected chi connectivity index (χ2v) is 4.60. The highest BCUT2D eigenvalue weighted by atomic mass is 16.6. The van der Waals surface area contributed by atoms with Crippen LogP contribution in [-0.4, -0.2) is 18.2 Å². The Labute approximate surface area is 102 Å². The maximum Gasteiger partial charge on any atom is 0.413 e. The van der Waals surface area contributed by atoms with Gasteiger partial charge in [0.05, 0.1) is 5.54 Å². The van der Waals surface area contributed by atoms with Gasteiger partial charge in [-0.15, -0.1) is 0 Å². The molecule has 1 amide bonds. The van der Waals surface area contributed by atoms with Crippen molar-refractivity contribution >= 4 is 6.09 Å². The molecule has 1 atom stereocenters. The quantitative estimate of drug-likeness (QED) is 0.842.